The van der Waals surface area contributed by atoms with Crippen LogP contribution < -0.4 is 5.32 Å². The molecule has 0 heterocycles. The Morgan fingerprint density at radius 2 is 2.00 bits per heavy atom. The normalized spacial score (nSPS) is 19.7. The molecule has 2 aromatic carbocycles. The fraction of sp³-hybridized carbons (Fsp3) is 0.316. The Kier molecular flexibility index (Phi) is 5.23. The lowest BCUT2D eigenvalue weighted by Gasteiger charge is -2.34. The first-order chi connectivity index (χ1) is 12.2. The van der Waals surface area contributed by atoms with Crippen LogP contribution in [0.2, 0.25) is 0 Å². The van der Waals surface area contributed by atoms with Crippen LogP contribution in [0.25, 0.3) is 0 Å². The zero-order chi connectivity index (χ0) is 18.9. The van der Waals surface area contributed by atoms with Gasteiger partial charge in [-0.05, 0) is 64.5 Å². The third kappa shape index (κ3) is 3.84. The van der Waals surface area contributed by atoms with Gasteiger partial charge in [0.25, 0.3) is 5.91 Å². The maximum Gasteiger partial charge on any atom is 0.251 e. The van der Waals surface area contributed by atoms with Gasteiger partial charge in [-0.15, -0.1) is 0 Å². The van der Waals surface area contributed by atoms with Crippen molar-refractivity contribution in [2.24, 2.45) is 0 Å². The Morgan fingerprint density at radius 1 is 1.27 bits per heavy atom. The topological polar surface area (TPSA) is 83.5 Å². The predicted molar refractivity (Wildman–Crippen MR) is 103 cm³/mol. The van der Waals surface area contributed by atoms with Crippen LogP contribution in [0.1, 0.15) is 34.3 Å². The zero-order valence-electron chi connectivity index (χ0n) is 14.3. The quantitative estimate of drug-likeness (QED) is 0.769. The third-order valence-electron chi connectivity index (χ3n) is 4.69. The predicted octanol–water partition coefficient (Wildman–Crippen LogP) is 2.81. The number of aryl methyl sites for hydroxylation is 1. The number of carbonyl (C=O) groups excluding carboxylic acids is 1. The second-order valence-electron chi connectivity index (χ2n) is 6.64. The van der Waals surface area contributed by atoms with Crippen molar-refractivity contribution in [3.8, 4) is 0 Å². The molecule has 0 spiro atoms. The van der Waals surface area contributed by atoms with E-state index >= 15 is 0 Å². The molecule has 138 valence electrons. The number of rotatable bonds is 4. The van der Waals surface area contributed by atoms with Crippen molar-refractivity contribution in [1.82, 2.24) is 5.32 Å². The molecule has 1 unspecified atom stereocenters. The van der Waals surface area contributed by atoms with Crippen molar-refractivity contribution in [3.05, 3.63) is 63.6 Å². The number of hydrogen-bond donors (Lipinski definition) is 2. The SMILES string of the molecule is CS(=O)(=O)c1cc(C(=O)NCC2(O)CCCc3ccccc32)ccc1Br. The minimum atomic E-state index is -3.45. The van der Waals surface area contributed by atoms with E-state index in [1.807, 2.05) is 24.3 Å². The molecule has 0 aliphatic heterocycles. The highest BCUT2D eigenvalue weighted by Gasteiger charge is 2.34. The lowest BCUT2D eigenvalue weighted by Crippen LogP contribution is -2.43. The van der Waals surface area contributed by atoms with Crippen molar-refractivity contribution in [2.75, 3.05) is 12.8 Å². The van der Waals surface area contributed by atoms with Crippen molar-refractivity contribution >= 4 is 31.7 Å². The summed E-state index contributed by atoms with van der Waals surface area (Å²) in [6.45, 7) is 0.0765. The van der Waals surface area contributed by atoms with Crippen molar-refractivity contribution in [2.45, 2.75) is 29.8 Å². The van der Waals surface area contributed by atoms with E-state index in [0.717, 1.165) is 30.2 Å². The van der Waals surface area contributed by atoms with E-state index < -0.39 is 21.3 Å². The Morgan fingerprint density at radius 3 is 2.73 bits per heavy atom. The summed E-state index contributed by atoms with van der Waals surface area (Å²) in [5, 5.41) is 13.8. The highest BCUT2D eigenvalue weighted by Crippen LogP contribution is 2.34. The minimum Gasteiger partial charge on any atom is -0.383 e. The van der Waals surface area contributed by atoms with Crippen molar-refractivity contribution < 1.29 is 18.3 Å². The van der Waals surface area contributed by atoms with Gasteiger partial charge >= 0.3 is 0 Å². The molecule has 1 atom stereocenters. The summed E-state index contributed by atoms with van der Waals surface area (Å²) >= 11 is 3.19. The lowest BCUT2D eigenvalue weighted by molar-refractivity contribution is 0.0189. The number of halogens is 1. The standard InChI is InChI=1S/C19H20BrNO4S/c1-26(24,25)17-11-14(8-9-16(17)20)18(22)21-12-19(23)10-4-6-13-5-2-3-7-15(13)19/h2-3,5,7-9,11,23H,4,6,10,12H2,1H3,(H,21,22). The number of fused-ring (bicyclic) bond motifs is 1. The number of benzene rings is 2. The molecule has 0 bridgehead atoms. The molecule has 1 amide bonds. The number of sulfone groups is 1. The summed E-state index contributed by atoms with van der Waals surface area (Å²) in [6.07, 6.45) is 3.42. The van der Waals surface area contributed by atoms with Gasteiger partial charge in [0.1, 0.15) is 5.60 Å². The number of amides is 1. The fourth-order valence-corrected chi connectivity index (χ4v) is 5.23. The average Bonchev–Trinajstić information content (AvgIpc) is 2.60. The number of carbonyl (C=O) groups is 1. The van der Waals surface area contributed by atoms with Gasteiger partial charge in [-0.3, -0.25) is 4.79 Å². The molecule has 1 aliphatic rings. The van der Waals surface area contributed by atoms with E-state index in [1.165, 1.54) is 12.1 Å². The van der Waals surface area contributed by atoms with Crippen molar-refractivity contribution in [3.63, 3.8) is 0 Å². The van der Waals surface area contributed by atoms with E-state index in [9.17, 15) is 18.3 Å². The third-order valence-corrected chi connectivity index (χ3v) is 6.78. The van der Waals surface area contributed by atoms with E-state index in [1.54, 1.807) is 6.07 Å². The molecule has 0 aromatic heterocycles. The molecular formula is C19H20BrNO4S. The van der Waals surface area contributed by atoms with Crippen LogP contribution in [0.15, 0.2) is 51.8 Å². The maximum atomic E-state index is 12.5. The molecule has 1 aliphatic carbocycles. The molecule has 0 saturated carbocycles. The molecule has 5 nitrogen and oxygen atoms in total. The van der Waals surface area contributed by atoms with Crippen LogP contribution >= 0.6 is 15.9 Å². The van der Waals surface area contributed by atoms with E-state index in [0.29, 0.717) is 10.9 Å². The van der Waals surface area contributed by atoms with Gasteiger partial charge in [0, 0.05) is 16.3 Å². The monoisotopic (exact) mass is 437 g/mol. The Labute approximate surface area is 161 Å². The van der Waals surface area contributed by atoms with Gasteiger partial charge < -0.3 is 10.4 Å². The van der Waals surface area contributed by atoms with Crippen LogP contribution in [-0.2, 0) is 21.9 Å². The smallest absolute Gasteiger partial charge is 0.251 e. The van der Waals surface area contributed by atoms with Gasteiger partial charge in [-0.1, -0.05) is 24.3 Å². The van der Waals surface area contributed by atoms with Crippen LogP contribution in [0.4, 0.5) is 0 Å². The first-order valence-electron chi connectivity index (χ1n) is 8.29. The summed E-state index contributed by atoms with van der Waals surface area (Å²) in [5.74, 6) is -0.418. The minimum absolute atomic E-state index is 0.0619. The molecule has 2 N–H and O–H groups in total. The number of aliphatic hydroxyl groups is 1. The Balaban J connectivity index is 1.80. The van der Waals surface area contributed by atoms with Crippen LogP contribution in [0, 0.1) is 0 Å². The molecule has 0 radical (unpaired) electrons. The molecule has 26 heavy (non-hydrogen) atoms. The highest BCUT2D eigenvalue weighted by molar-refractivity contribution is 9.10. The van der Waals surface area contributed by atoms with E-state index in [2.05, 4.69) is 21.2 Å². The summed E-state index contributed by atoms with van der Waals surface area (Å²) in [7, 11) is -3.45. The second kappa shape index (κ2) is 7.13. The molecule has 2 aromatic rings. The summed E-state index contributed by atoms with van der Waals surface area (Å²) < 4.78 is 24.1. The van der Waals surface area contributed by atoms with Gasteiger partial charge in [-0.2, -0.15) is 0 Å². The van der Waals surface area contributed by atoms with Gasteiger partial charge in [-0.25, -0.2) is 8.42 Å². The van der Waals surface area contributed by atoms with Gasteiger partial charge in [0.15, 0.2) is 9.84 Å². The second-order valence-corrected chi connectivity index (χ2v) is 9.48. The zero-order valence-corrected chi connectivity index (χ0v) is 16.7. The number of nitrogens with one attached hydrogen (secondary N) is 1. The molecule has 0 fully saturated rings. The highest BCUT2D eigenvalue weighted by atomic mass is 79.9. The van der Waals surface area contributed by atoms with Crippen LogP contribution in [0.3, 0.4) is 0 Å². The Bertz CT molecular complexity index is 958. The van der Waals surface area contributed by atoms with E-state index in [-0.39, 0.29) is 17.0 Å². The molecular weight excluding hydrogens is 418 g/mol. The molecule has 0 saturated heterocycles. The van der Waals surface area contributed by atoms with Crippen LogP contribution in [-0.4, -0.2) is 32.2 Å². The maximum absolute atomic E-state index is 12.5. The summed E-state index contributed by atoms with van der Waals surface area (Å²) in [5.41, 5.74) is 1.07. The lowest BCUT2D eigenvalue weighted by atomic mass is 9.79. The fourth-order valence-electron chi connectivity index (χ4n) is 3.34. The summed E-state index contributed by atoms with van der Waals surface area (Å²) in [6, 6.07) is 12.1. The molecule has 7 heteroatoms. The van der Waals surface area contributed by atoms with E-state index in [4.69, 9.17) is 0 Å². The first kappa shape index (κ1) is 19.1. The average molecular weight is 438 g/mol. The van der Waals surface area contributed by atoms with Crippen molar-refractivity contribution in [1.29, 1.82) is 0 Å². The first-order valence-corrected chi connectivity index (χ1v) is 11.0. The largest absolute Gasteiger partial charge is 0.383 e. The Hall–Kier alpha value is -1.70. The molecule has 3 rings (SSSR count). The van der Waals surface area contributed by atoms with Crippen LogP contribution in [0.5, 0.6) is 0 Å². The van der Waals surface area contributed by atoms with Gasteiger partial charge in [0.2, 0.25) is 0 Å². The number of hydrogen-bond acceptors (Lipinski definition) is 4. The van der Waals surface area contributed by atoms with Gasteiger partial charge in [0.05, 0.1) is 11.4 Å². The summed E-state index contributed by atoms with van der Waals surface area (Å²) in [4.78, 5) is 12.6.